The molecule has 8 nitrogen and oxygen atoms in total. The van der Waals surface area contributed by atoms with Crippen LogP contribution in [0.3, 0.4) is 0 Å². The predicted molar refractivity (Wildman–Crippen MR) is 109 cm³/mol. The van der Waals surface area contributed by atoms with E-state index in [0.717, 1.165) is 30.3 Å². The molecule has 0 amide bonds. The number of nitro benzene ring substituents is 1. The molecular weight excluding hydrogens is 471 g/mol. The minimum atomic E-state index is -4.61. The Hall–Kier alpha value is -3.62. The average Bonchev–Trinajstić information content (AvgIpc) is 2.75. The summed E-state index contributed by atoms with van der Waals surface area (Å²) >= 11 is 5.84. The predicted octanol–water partition coefficient (Wildman–Crippen LogP) is 4.82. The Bertz CT molecular complexity index is 1110. The quantitative estimate of drug-likeness (QED) is 0.165. The third-order valence-electron chi connectivity index (χ3n) is 4.05. The highest BCUT2D eigenvalue weighted by molar-refractivity contribution is 6.32. The van der Waals surface area contributed by atoms with Crippen LogP contribution in [0.4, 0.5) is 18.9 Å². The number of nitro groups is 1. The molecule has 0 bridgehead atoms. The number of hydrogen-bond donors (Lipinski definition) is 0. The molecule has 2 rings (SSSR count). The number of carbonyl (C=O) groups excluding carboxylic acids is 2. The highest BCUT2D eigenvalue weighted by Crippen LogP contribution is 2.37. The van der Waals surface area contributed by atoms with Crippen LogP contribution >= 0.6 is 11.6 Å². The smallest absolute Gasteiger partial charge is 0.416 e. The minimum absolute atomic E-state index is 0.105. The zero-order valence-corrected chi connectivity index (χ0v) is 17.6. The van der Waals surface area contributed by atoms with E-state index in [2.05, 4.69) is 10.7 Å². The maximum Gasteiger partial charge on any atom is 0.416 e. The number of alkyl halides is 3. The van der Waals surface area contributed by atoms with E-state index in [0.29, 0.717) is 6.07 Å². The Labute approximate surface area is 190 Å². The summed E-state index contributed by atoms with van der Waals surface area (Å²) in [6, 6.07) is 5.50. The number of carbonyl (C=O) groups is 2. The normalized spacial score (nSPS) is 11.9. The van der Waals surface area contributed by atoms with Crippen LogP contribution in [0.5, 0.6) is 11.5 Å². The van der Waals surface area contributed by atoms with Crippen LogP contribution in [0.25, 0.3) is 0 Å². The van der Waals surface area contributed by atoms with Crippen LogP contribution in [0.1, 0.15) is 22.8 Å². The second-order valence-corrected chi connectivity index (χ2v) is 6.78. The lowest BCUT2D eigenvalue weighted by Crippen LogP contribution is -2.26. The van der Waals surface area contributed by atoms with Gasteiger partial charge in [0.05, 0.1) is 15.5 Å². The molecule has 174 valence electrons. The van der Waals surface area contributed by atoms with E-state index in [1.807, 2.05) is 0 Å². The summed E-state index contributed by atoms with van der Waals surface area (Å²) in [5.74, 6) is 0.124. The van der Waals surface area contributed by atoms with Crippen molar-refractivity contribution in [2.24, 2.45) is 0 Å². The molecule has 1 unspecified atom stereocenters. The number of halogens is 4. The van der Waals surface area contributed by atoms with Crippen LogP contribution in [-0.4, -0.2) is 36.0 Å². The van der Waals surface area contributed by atoms with Crippen LogP contribution in [0.15, 0.2) is 36.4 Å². The fraction of sp³-hybridized carbons (Fsp3) is 0.238. The van der Waals surface area contributed by atoms with Gasteiger partial charge in [0.15, 0.2) is 18.5 Å². The molecule has 12 heteroatoms. The Balaban J connectivity index is 2.22. The number of hydrogen-bond acceptors (Lipinski definition) is 7. The molecule has 0 aliphatic rings. The molecule has 33 heavy (non-hydrogen) atoms. The fourth-order valence-electron chi connectivity index (χ4n) is 2.42. The lowest BCUT2D eigenvalue weighted by atomic mass is 10.1. The van der Waals surface area contributed by atoms with Crippen molar-refractivity contribution in [2.45, 2.75) is 19.2 Å². The van der Waals surface area contributed by atoms with Crippen LogP contribution in [0.2, 0.25) is 5.02 Å². The van der Waals surface area contributed by atoms with E-state index >= 15 is 0 Å². The third kappa shape index (κ3) is 6.93. The molecule has 0 saturated heterocycles. The summed E-state index contributed by atoms with van der Waals surface area (Å²) in [6.07, 6.45) is -0.817. The number of Topliss-reactive ketones (excluding diaryl/α,β-unsaturated/α-hetero) is 1. The van der Waals surface area contributed by atoms with Crippen LogP contribution in [0, 0.1) is 22.5 Å². The Morgan fingerprint density at radius 3 is 2.52 bits per heavy atom. The zero-order valence-electron chi connectivity index (χ0n) is 16.8. The van der Waals surface area contributed by atoms with E-state index in [4.69, 9.17) is 27.5 Å². The van der Waals surface area contributed by atoms with Gasteiger partial charge in [-0.25, -0.2) is 4.79 Å². The Morgan fingerprint density at radius 1 is 1.24 bits per heavy atom. The van der Waals surface area contributed by atoms with Crippen molar-refractivity contribution in [1.29, 1.82) is 0 Å². The topological polar surface area (TPSA) is 105 Å². The molecule has 1 atom stereocenters. The second kappa shape index (κ2) is 10.8. The number of terminal acetylenes is 1. The first kappa shape index (κ1) is 25.6. The molecule has 2 aromatic rings. The lowest BCUT2D eigenvalue weighted by molar-refractivity contribution is -0.385. The van der Waals surface area contributed by atoms with Crippen molar-refractivity contribution in [1.82, 2.24) is 0 Å². The molecule has 0 fully saturated rings. The van der Waals surface area contributed by atoms with Gasteiger partial charge < -0.3 is 14.2 Å². The maximum atomic E-state index is 12.8. The summed E-state index contributed by atoms with van der Waals surface area (Å²) in [5.41, 5.74) is -1.98. The number of ketones is 1. The summed E-state index contributed by atoms with van der Waals surface area (Å²) in [6.45, 7) is 0.294. The molecule has 0 aliphatic heterocycles. The zero-order chi connectivity index (χ0) is 24.8. The van der Waals surface area contributed by atoms with Gasteiger partial charge in [-0.3, -0.25) is 14.9 Å². The van der Waals surface area contributed by atoms with E-state index in [9.17, 15) is 32.9 Å². The van der Waals surface area contributed by atoms with Gasteiger partial charge in [0, 0.05) is 6.07 Å². The van der Waals surface area contributed by atoms with Crippen molar-refractivity contribution >= 4 is 29.0 Å². The molecule has 0 N–H and O–H groups in total. The molecule has 0 saturated carbocycles. The van der Waals surface area contributed by atoms with Gasteiger partial charge in [0.1, 0.15) is 23.7 Å². The van der Waals surface area contributed by atoms with Gasteiger partial charge in [-0.15, -0.1) is 6.42 Å². The number of nitrogens with zero attached hydrogens (tertiary/aromatic N) is 1. The highest BCUT2D eigenvalue weighted by atomic mass is 35.5. The largest absolute Gasteiger partial charge is 0.456 e. The first-order valence-electron chi connectivity index (χ1n) is 9.02. The first-order chi connectivity index (χ1) is 15.4. The standard InChI is InChI=1S/C21H15ClF3NO7/c1-3-8-31-20(28)12(2)32-11-18(27)15-10-14(5-6-17(15)26(29)30)33-19-7-4-13(9-16(19)22)21(23,24)25/h1,4-7,9-10,12H,8,11H2,2H3. The van der Waals surface area contributed by atoms with Crippen molar-refractivity contribution < 1.29 is 41.9 Å². The summed E-state index contributed by atoms with van der Waals surface area (Å²) in [5, 5.41) is 10.9. The summed E-state index contributed by atoms with van der Waals surface area (Å²) in [7, 11) is 0. The summed E-state index contributed by atoms with van der Waals surface area (Å²) in [4.78, 5) is 34.6. The Morgan fingerprint density at radius 2 is 1.94 bits per heavy atom. The summed E-state index contributed by atoms with van der Waals surface area (Å²) < 4.78 is 53.5. The molecule has 0 spiro atoms. The monoisotopic (exact) mass is 485 g/mol. The third-order valence-corrected chi connectivity index (χ3v) is 4.34. The van der Waals surface area contributed by atoms with Crippen molar-refractivity contribution in [2.75, 3.05) is 13.2 Å². The molecule has 0 aromatic heterocycles. The van der Waals surface area contributed by atoms with Gasteiger partial charge in [0.2, 0.25) is 0 Å². The van der Waals surface area contributed by atoms with Crippen LogP contribution in [-0.2, 0) is 20.4 Å². The number of rotatable bonds is 9. The number of ether oxygens (including phenoxy) is 3. The minimum Gasteiger partial charge on any atom is -0.456 e. The molecular formula is C21H15ClF3NO7. The number of benzene rings is 2. The Kier molecular flexibility index (Phi) is 8.39. The average molecular weight is 486 g/mol. The van der Waals surface area contributed by atoms with E-state index in [1.54, 1.807) is 0 Å². The van der Waals surface area contributed by atoms with Gasteiger partial charge in [-0.1, -0.05) is 17.5 Å². The van der Waals surface area contributed by atoms with E-state index in [-0.39, 0.29) is 23.1 Å². The first-order valence-corrected chi connectivity index (χ1v) is 9.39. The van der Waals surface area contributed by atoms with E-state index < -0.39 is 52.4 Å². The SMILES string of the molecule is C#CCOC(=O)C(C)OCC(=O)c1cc(Oc2ccc(C(F)(F)F)cc2Cl)ccc1[N+](=O)[O-]. The number of esters is 1. The fourth-order valence-corrected chi connectivity index (χ4v) is 2.64. The molecule has 0 aliphatic carbocycles. The highest BCUT2D eigenvalue weighted by Gasteiger charge is 2.31. The molecule has 0 heterocycles. The van der Waals surface area contributed by atoms with Gasteiger partial charge >= 0.3 is 12.1 Å². The second-order valence-electron chi connectivity index (χ2n) is 6.37. The van der Waals surface area contributed by atoms with E-state index in [1.165, 1.54) is 6.92 Å². The van der Waals surface area contributed by atoms with Crippen LogP contribution < -0.4 is 4.74 Å². The van der Waals surface area contributed by atoms with Crippen molar-refractivity contribution in [3.05, 3.63) is 62.7 Å². The maximum absolute atomic E-state index is 12.8. The van der Waals surface area contributed by atoms with Gasteiger partial charge in [-0.2, -0.15) is 13.2 Å². The van der Waals surface area contributed by atoms with Crippen molar-refractivity contribution in [3.8, 4) is 23.8 Å². The molecule has 2 aromatic carbocycles. The molecule has 0 radical (unpaired) electrons. The van der Waals surface area contributed by atoms with Crippen molar-refractivity contribution in [3.63, 3.8) is 0 Å². The van der Waals surface area contributed by atoms with Gasteiger partial charge in [0.25, 0.3) is 5.69 Å². The van der Waals surface area contributed by atoms with Gasteiger partial charge in [-0.05, 0) is 37.3 Å². The lowest BCUT2D eigenvalue weighted by Gasteiger charge is -2.13.